The molecule has 1 fully saturated rings. The van der Waals surface area contributed by atoms with Gasteiger partial charge in [0.15, 0.2) is 0 Å². The quantitative estimate of drug-likeness (QED) is 0.892. The summed E-state index contributed by atoms with van der Waals surface area (Å²) in [5.74, 6) is 1.24. The lowest BCUT2D eigenvalue weighted by Crippen LogP contribution is -2.45. The fourth-order valence-corrected chi connectivity index (χ4v) is 3.87. The highest BCUT2D eigenvalue weighted by atomic mass is 16.3. The number of hydrogen-bond donors (Lipinski definition) is 1. The standard InChI is InChI=1S/C17H28N2O/c1-2-11-19(13-14-6-3-4-10-18-14)16-7-5-8-17-15(16)9-12-20-17/h9,12,14,16,18H,2-8,10-11,13H2,1H3. The van der Waals surface area contributed by atoms with Crippen molar-refractivity contribution in [3.8, 4) is 0 Å². The van der Waals surface area contributed by atoms with Crippen molar-refractivity contribution in [1.29, 1.82) is 0 Å². The molecule has 3 heteroatoms. The molecule has 0 radical (unpaired) electrons. The summed E-state index contributed by atoms with van der Waals surface area (Å²) in [6, 6.07) is 3.48. The van der Waals surface area contributed by atoms with E-state index in [4.69, 9.17) is 4.42 Å². The van der Waals surface area contributed by atoms with Crippen LogP contribution in [0.4, 0.5) is 0 Å². The van der Waals surface area contributed by atoms with Gasteiger partial charge in [0.2, 0.25) is 0 Å². The minimum atomic E-state index is 0.584. The molecule has 1 aromatic rings. The summed E-state index contributed by atoms with van der Waals surface area (Å²) in [5, 5.41) is 3.70. The SMILES string of the molecule is CCCN(CC1CCCCN1)C1CCCc2occc21. The lowest BCUT2D eigenvalue weighted by molar-refractivity contribution is 0.149. The van der Waals surface area contributed by atoms with E-state index in [1.54, 1.807) is 0 Å². The Morgan fingerprint density at radius 2 is 2.25 bits per heavy atom. The minimum Gasteiger partial charge on any atom is -0.469 e. The Morgan fingerprint density at radius 1 is 1.30 bits per heavy atom. The van der Waals surface area contributed by atoms with E-state index < -0.39 is 0 Å². The molecule has 3 rings (SSSR count). The highest BCUT2D eigenvalue weighted by Crippen LogP contribution is 2.35. The zero-order valence-corrected chi connectivity index (χ0v) is 12.7. The summed E-state index contributed by atoms with van der Waals surface area (Å²) in [5.41, 5.74) is 1.46. The first-order chi connectivity index (χ1) is 9.88. The van der Waals surface area contributed by atoms with E-state index >= 15 is 0 Å². The van der Waals surface area contributed by atoms with Crippen molar-refractivity contribution in [3.05, 3.63) is 23.7 Å². The third-order valence-corrected chi connectivity index (χ3v) is 4.84. The van der Waals surface area contributed by atoms with E-state index in [1.807, 2.05) is 6.26 Å². The average molecular weight is 276 g/mol. The number of nitrogens with zero attached hydrogens (tertiary/aromatic N) is 1. The van der Waals surface area contributed by atoms with Gasteiger partial charge in [0.25, 0.3) is 0 Å². The number of hydrogen-bond acceptors (Lipinski definition) is 3. The predicted octanol–water partition coefficient (Wildman–Crippen LogP) is 3.51. The fraction of sp³-hybridized carbons (Fsp3) is 0.765. The van der Waals surface area contributed by atoms with Gasteiger partial charge in [-0.3, -0.25) is 4.90 Å². The van der Waals surface area contributed by atoms with Crippen LogP contribution in [-0.4, -0.2) is 30.6 Å². The minimum absolute atomic E-state index is 0.584. The van der Waals surface area contributed by atoms with E-state index in [0.717, 1.165) is 6.42 Å². The summed E-state index contributed by atoms with van der Waals surface area (Å²) >= 11 is 0. The first-order valence-corrected chi connectivity index (χ1v) is 8.42. The van der Waals surface area contributed by atoms with Gasteiger partial charge in [-0.15, -0.1) is 0 Å². The largest absolute Gasteiger partial charge is 0.469 e. The predicted molar refractivity (Wildman–Crippen MR) is 81.9 cm³/mol. The van der Waals surface area contributed by atoms with Crippen molar-refractivity contribution in [2.75, 3.05) is 19.6 Å². The van der Waals surface area contributed by atoms with Crippen LogP contribution in [0.25, 0.3) is 0 Å². The Kier molecular flexibility index (Phi) is 4.79. The Labute approximate surface area is 122 Å². The van der Waals surface area contributed by atoms with Crippen molar-refractivity contribution >= 4 is 0 Å². The summed E-state index contributed by atoms with van der Waals surface area (Å²) < 4.78 is 5.66. The van der Waals surface area contributed by atoms with Crippen LogP contribution in [0.3, 0.4) is 0 Å². The monoisotopic (exact) mass is 276 g/mol. The smallest absolute Gasteiger partial charge is 0.108 e. The third kappa shape index (κ3) is 3.09. The Balaban J connectivity index is 1.70. The second-order valence-corrected chi connectivity index (χ2v) is 6.35. The molecule has 0 spiro atoms. The maximum atomic E-state index is 5.66. The summed E-state index contributed by atoms with van der Waals surface area (Å²) in [6.07, 6.45) is 10.9. The molecular weight excluding hydrogens is 248 g/mol. The molecule has 0 bridgehead atoms. The molecule has 0 amide bonds. The first-order valence-electron chi connectivity index (χ1n) is 8.42. The van der Waals surface area contributed by atoms with Gasteiger partial charge in [-0.25, -0.2) is 0 Å². The molecule has 112 valence electrons. The lowest BCUT2D eigenvalue weighted by Gasteiger charge is -2.37. The number of piperidine rings is 1. The Hall–Kier alpha value is -0.800. The molecule has 0 saturated carbocycles. The van der Waals surface area contributed by atoms with Crippen molar-refractivity contribution in [2.24, 2.45) is 0 Å². The summed E-state index contributed by atoms with van der Waals surface area (Å²) in [7, 11) is 0. The van der Waals surface area contributed by atoms with Crippen molar-refractivity contribution < 1.29 is 4.42 Å². The molecule has 2 unspecified atom stereocenters. The highest BCUT2D eigenvalue weighted by Gasteiger charge is 2.29. The number of furan rings is 1. The molecule has 20 heavy (non-hydrogen) atoms. The van der Waals surface area contributed by atoms with Crippen LogP contribution < -0.4 is 5.32 Å². The molecule has 1 aromatic heterocycles. The first kappa shape index (κ1) is 14.2. The summed E-state index contributed by atoms with van der Waals surface area (Å²) in [4.78, 5) is 2.70. The lowest BCUT2D eigenvalue weighted by atomic mass is 9.91. The fourth-order valence-electron chi connectivity index (χ4n) is 3.87. The van der Waals surface area contributed by atoms with E-state index in [-0.39, 0.29) is 0 Å². The van der Waals surface area contributed by atoms with E-state index in [9.17, 15) is 0 Å². The van der Waals surface area contributed by atoms with E-state index in [0.29, 0.717) is 12.1 Å². The zero-order chi connectivity index (χ0) is 13.8. The highest BCUT2D eigenvalue weighted by molar-refractivity contribution is 5.24. The van der Waals surface area contributed by atoms with Gasteiger partial charge in [0.05, 0.1) is 6.26 Å². The molecule has 2 aliphatic rings. The maximum absolute atomic E-state index is 5.66. The second-order valence-electron chi connectivity index (χ2n) is 6.35. The average Bonchev–Trinajstić information content (AvgIpc) is 2.96. The number of nitrogens with one attached hydrogen (secondary N) is 1. The number of rotatable bonds is 5. The van der Waals surface area contributed by atoms with Crippen LogP contribution >= 0.6 is 0 Å². The third-order valence-electron chi connectivity index (χ3n) is 4.84. The normalized spacial score (nSPS) is 26.7. The van der Waals surface area contributed by atoms with Gasteiger partial charge in [-0.1, -0.05) is 13.3 Å². The van der Waals surface area contributed by atoms with Gasteiger partial charge in [-0.2, -0.15) is 0 Å². The van der Waals surface area contributed by atoms with Gasteiger partial charge in [0, 0.05) is 30.6 Å². The van der Waals surface area contributed by atoms with Gasteiger partial charge in [-0.05, 0) is 51.3 Å². The molecule has 2 atom stereocenters. The van der Waals surface area contributed by atoms with Gasteiger partial charge >= 0.3 is 0 Å². The topological polar surface area (TPSA) is 28.4 Å². The maximum Gasteiger partial charge on any atom is 0.108 e. The molecular formula is C17H28N2O. The van der Waals surface area contributed by atoms with Gasteiger partial charge < -0.3 is 9.73 Å². The molecule has 2 heterocycles. The van der Waals surface area contributed by atoms with Crippen molar-refractivity contribution in [3.63, 3.8) is 0 Å². The molecule has 3 nitrogen and oxygen atoms in total. The summed E-state index contributed by atoms with van der Waals surface area (Å²) in [6.45, 7) is 5.89. The zero-order valence-electron chi connectivity index (χ0n) is 12.7. The van der Waals surface area contributed by atoms with Crippen molar-refractivity contribution in [1.82, 2.24) is 10.2 Å². The number of aryl methyl sites for hydroxylation is 1. The van der Waals surface area contributed by atoms with Crippen LogP contribution in [0.15, 0.2) is 16.7 Å². The Morgan fingerprint density at radius 3 is 3.05 bits per heavy atom. The van der Waals surface area contributed by atoms with Crippen LogP contribution in [-0.2, 0) is 6.42 Å². The van der Waals surface area contributed by atoms with Crippen LogP contribution in [0.5, 0.6) is 0 Å². The van der Waals surface area contributed by atoms with Gasteiger partial charge in [0.1, 0.15) is 5.76 Å². The Bertz CT molecular complexity index is 409. The molecule has 1 saturated heterocycles. The van der Waals surface area contributed by atoms with E-state index in [1.165, 1.54) is 69.5 Å². The van der Waals surface area contributed by atoms with E-state index in [2.05, 4.69) is 23.2 Å². The van der Waals surface area contributed by atoms with Crippen LogP contribution in [0.2, 0.25) is 0 Å². The van der Waals surface area contributed by atoms with Crippen molar-refractivity contribution in [2.45, 2.75) is 64.0 Å². The molecule has 1 aliphatic heterocycles. The van der Waals surface area contributed by atoms with Crippen LogP contribution in [0.1, 0.15) is 62.8 Å². The molecule has 1 aliphatic carbocycles. The number of fused-ring (bicyclic) bond motifs is 1. The van der Waals surface area contributed by atoms with Crippen LogP contribution in [0, 0.1) is 0 Å². The molecule has 0 aromatic carbocycles. The molecule has 1 N–H and O–H groups in total. The second kappa shape index (κ2) is 6.77.